The number of nitrogens with one attached hydrogen (secondary N) is 2. The second-order valence-corrected chi connectivity index (χ2v) is 8.18. The molecular weight excluding hydrogens is 345 g/mol. The molecule has 0 fully saturated rings. The SMILES string of the molecule is CC(C)(C)OC(=O)N1CCc2sc(CNCC(=O)NCCF)cc2C1. The number of hydrogen-bond donors (Lipinski definition) is 2. The maximum Gasteiger partial charge on any atom is 0.410 e. The lowest BCUT2D eigenvalue weighted by atomic mass is 10.1. The van der Waals surface area contributed by atoms with Gasteiger partial charge in [0, 0.05) is 29.4 Å². The number of hydrogen-bond acceptors (Lipinski definition) is 5. The number of alkyl halides is 1. The summed E-state index contributed by atoms with van der Waals surface area (Å²) >= 11 is 1.70. The molecule has 140 valence electrons. The van der Waals surface area contributed by atoms with Crippen molar-refractivity contribution in [3.05, 3.63) is 21.4 Å². The molecular formula is C17H26FN3O3S. The van der Waals surface area contributed by atoms with Crippen molar-refractivity contribution >= 4 is 23.3 Å². The van der Waals surface area contributed by atoms with E-state index < -0.39 is 12.3 Å². The second kappa shape index (κ2) is 8.62. The van der Waals surface area contributed by atoms with Gasteiger partial charge in [-0.3, -0.25) is 4.79 Å². The molecule has 8 heteroatoms. The number of thiophene rings is 1. The van der Waals surface area contributed by atoms with E-state index >= 15 is 0 Å². The third-order valence-electron chi connectivity index (χ3n) is 3.57. The van der Waals surface area contributed by atoms with E-state index in [1.54, 1.807) is 16.2 Å². The topological polar surface area (TPSA) is 70.7 Å². The minimum Gasteiger partial charge on any atom is -0.444 e. The van der Waals surface area contributed by atoms with Crippen molar-refractivity contribution in [1.29, 1.82) is 0 Å². The van der Waals surface area contributed by atoms with Crippen LogP contribution < -0.4 is 10.6 Å². The maximum atomic E-state index is 12.2. The first-order chi connectivity index (χ1) is 11.8. The highest BCUT2D eigenvalue weighted by atomic mass is 32.1. The number of ether oxygens (including phenoxy) is 1. The van der Waals surface area contributed by atoms with E-state index in [2.05, 4.69) is 16.7 Å². The van der Waals surface area contributed by atoms with Crippen LogP contribution in [-0.4, -0.2) is 48.8 Å². The van der Waals surface area contributed by atoms with Gasteiger partial charge in [0.2, 0.25) is 5.91 Å². The van der Waals surface area contributed by atoms with E-state index in [0.29, 0.717) is 19.6 Å². The van der Waals surface area contributed by atoms with Crippen molar-refractivity contribution < 1.29 is 18.7 Å². The van der Waals surface area contributed by atoms with Gasteiger partial charge in [0.25, 0.3) is 0 Å². The van der Waals surface area contributed by atoms with Crippen LogP contribution in [0.3, 0.4) is 0 Å². The molecule has 1 aliphatic rings. The fraction of sp³-hybridized carbons (Fsp3) is 0.647. The highest BCUT2D eigenvalue weighted by molar-refractivity contribution is 7.12. The predicted octanol–water partition coefficient (Wildman–Crippen LogP) is 2.22. The molecule has 0 bridgehead atoms. The van der Waals surface area contributed by atoms with E-state index in [-0.39, 0.29) is 25.1 Å². The van der Waals surface area contributed by atoms with Crippen LogP contribution >= 0.6 is 11.3 Å². The summed E-state index contributed by atoms with van der Waals surface area (Å²) in [6, 6.07) is 2.07. The molecule has 1 aromatic heterocycles. The van der Waals surface area contributed by atoms with E-state index in [1.165, 1.54) is 4.88 Å². The largest absolute Gasteiger partial charge is 0.444 e. The zero-order valence-electron chi connectivity index (χ0n) is 15.0. The van der Waals surface area contributed by atoms with Gasteiger partial charge in [-0.25, -0.2) is 9.18 Å². The van der Waals surface area contributed by atoms with Crippen LogP contribution in [0.15, 0.2) is 6.07 Å². The average molecular weight is 371 g/mol. The van der Waals surface area contributed by atoms with Crippen molar-refractivity contribution in [3.63, 3.8) is 0 Å². The summed E-state index contributed by atoms with van der Waals surface area (Å²) in [5, 5.41) is 5.53. The van der Waals surface area contributed by atoms with Crippen molar-refractivity contribution in [2.45, 2.75) is 45.9 Å². The van der Waals surface area contributed by atoms with Crippen LogP contribution in [0.1, 0.15) is 36.1 Å². The van der Waals surface area contributed by atoms with Gasteiger partial charge in [-0.1, -0.05) is 0 Å². The zero-order valence-corrected chi connectivity index (χ0v) is 15.8. The Morgan fingerprint density at radius 3 is 2.84 bits per heavy atom. The molecule has 2 N–H and O–H groups in total. The molecule has 1 aromatic rings. The lowest BCUT2D eigenvalue weighted by molar-refractivity contribution is -0.120. The molecule has 0 spiro atoms. The Labute approximate surface area is 151 Å². The standard InChI is InChI=1S/C17H26FN3O3S/c1-17(2,3)24-16(23)21-7-4-14-12(11-21)8-13(25-14)9-19-10-15(22)20-6-5-18/h8,19H,4-7,9-11H2,1-3H3,(H,20,22). The maximum absolute atomic E-state index is 12.2. The fourth-order valence-corrected chi connectivity index (χ4v) is 3.65. The third-order valence-corrected chi connectivity index (χ3v) is 4.81. The van der Waals surface area contributed by atoms with E-state index in [1.807, 2.05) is 20.8 Å². The Morgan fingerprint density at radius 2 is 2.16 bits per heavy atom. The van der Waals surface area contributed by atoms with Crippen molar-refractivity contribution in [2.75, 3.05) is 26.3 Å². The Balaban J connectivity index is 1.84. The molecule has 0 saturated heterocycles. The van der Waals surface area contributed by atoms with Crippen molar-refractivity contribution in [3.8, 4) is 0 Å². The summed E-state index contributed by atoms with van der Waals surface area (Å²) in [5.74, 6) is -0.213. The van der Waals surface area contributed by atoms with Gasteiger partial charge in [0.05, 0.1) is 13.1 Å². The first-order valence-corrected chi connectivity index (χ1v) is 9.22. The second-order valence-electron chi connectivity index (χ2n) is 6.96. The Morgan fingerprint density at radius 1 is 1.40 bits per heavy atom. The summed E-state index contributed by atoms with van der Waals surface area (Å²) < 4.78 is 17.4. The Hall–Kier alpha value is -1.67. The van der Waals surface area contributed by atoms with Crippen LogP contribution in [0.5, 0.6) is 0 Å². The van der Waals surface area contributed by atoms with Crippen molar-refractivity contribution in [2.24, 2.45) is 0 Å². The summed E-state index contributed by atoms with van der Waals surface area (Å²) in [6.07, 6.45) is 0.532. The van der Waals surface area contributed by atoms with Gasteiger partial charge in [0.15, 0.2) is 0 Å². The predicted molar refractivity (Wildman–Crippen MR) is 95.4 cm³/mol. The molecule has 0 aromatic carbocycles. The number of nitrogens with zero attached hydrogens (tertiary/aromatic N) is 1. The normalized spacial score (nSPS) is 14.2. The fourth-order valence-electron chi connectivity index (χ4n) is 2.51. The average Bonchev–Trinajstić information content (AvgIpc) is 2.93. The number of rotatable bonds is 6. The van der Waals surface area contributed by atoms with E-state index in [9.17, 15) is 14.0 Å². The third kappa shape index (κ3) is 6.28. The van der Waals surface area contributed by atoms with Gasteiger partial charge in [-0.15, -0.1) is 11.3 Å². The molecule has 6 nitrogen and oxygen atoms in total. The summed E-state index contributed by atoms with van der Waals surface area (Å²) in [6.45, 7) is 7.01. The molecule has 0 unspecified atom stereocenters. The monoisotopic (exact) mass is 371 g/mol. The zero-order chi connectivity index (χ0) is 18.4. The summed E-state index contributed by atoms with van der Waals surface area (Å²) in [5.41, 5.74) is 0.643. The van der Waals surface area contributed by atoms with Gasteiger partial charge in [-0.2, -0.15) is 0 Å². The van der Waals surface area contributed by atoms with Crippen molar-refractivity contribution in [1.82, 2.24) is 15.5 Å². The van der Waals surface area contributed by atoms with Gasteiger partial charge < -0.3 is 20.3 Å². The quantitative estimate of drug-likeness (QED) is 0.804. The lowest BCUT2D eigenvalue weighted by Gasteiger charge is -2.29. The minimum absolute atomic E-state index is 0.0499. The van der Waals surface area contributed by atoms with Gasteiger partial charge >= 0.3 is 6.09 Å². The first kappa shape index (κ1) is 19.7. The first-order valence-electron chi connectivity index (χ1n) is 8.40. The molecule has 25 heavy (non-hydrogen) atoms. The lowest BCUT2D eigenvalue weighted by Crippen LogP contribution is -2.39. The van der Waals surface area contributed by atoms with Crippen LogP contribution in [-0.2, 0) is 29.0 Å². The smallest absolute Gasteiger partial charge is 0.410 e. The van der Waals surface area contributed by atoms with Gasteiger partial charge in [0.1, 0.15) is 12.3 Å². The summed E-state index contributed by atoms with van der Waals surface area (Å²) in [7, 11) is 0. The van der Waals surface area contributed by atoms with Crippen LogP contribution in [0.25, 0.3) is 0 Å². The van der Waals surface area contributed by atoms with E-state index in [4.69, 9.17) is 4.74 Å². The number of carbonyl (C=O) groups is 2. The van der Waals surface area contributed by atoms with Crippen LogP contribution in [0.2, 0.25) is 0 Å². The Kier molecular flexibility index (Phi) is 6.78. The van der Waals surface area contributed by atoms with Crippen LogP contribution in [0.4, 0.5) is 9.18 Å². The molecule has 2 amide bonds. The summed E-state index contributed by atoms with van der Waals surface area (Å²) in [4.78, 5) is 27.7. The molecule has 0 atom stereocenters. The molecule has 0 radical (unpaired) electrons. The number of fused-ring (bicyclic) bond motifs is 1. The number of amides is 2. The number of carbonyl (C=O) groups excluding carboxylic acids is 2. The van der Waals surface area contributed by atoms with E-state index in [0.717, 1.165) is 16.9 Å². The van der Waals surface area contributed by atoms with Gasteiger partial charge in [-0.05, 0) is 38.8 Å². The molecule has 2 rings (SSSR count). The highest BCUT2D eigenvalue weighted by Crippen LogP contribution is 2.28. The Bertz CT molecular complexity index is 613. The molecule has 2 heterocycles. The molecule has 0 saturated carbocycles. The molecule has 0 aliphatic carbocycles. The highest BCUT2D eigenvalue weighted by Gasteiger charge is 2.26. The molecule has 1 aliphatic heterocycles. The van der Waals surface area contributed by atoms with Crippen LogP contribution in [0, 0.1) is 0 Å². The number of halogens is 1. The minimum atomic E-state index is -0.558.